The van der Waals surface area contributed by atoms with Gasteiger partial charge in [0.25, 0.3) is 5.91 Å². The molecule has 0 spiro atoms. The van der Waals surface area contributed by atoms with Crippen LogP contribution in [0.5, 0.6) is 11.5 Å². The SMILES string of the molecule is COc1cccc(CNc2ccc(Cl)cc2C(=O)Nc2ccc(CN)cc2)c1OCC(=O)O. The summed E-state index contributed by atoms with van der Waals surface area (Å²) >= 11 is 6.14. The third-order valence-corrected chi connectivity index (χ3v) is 5.00. The maximum atomic E-state index is 13.0. The van der Waals surface area contributed by atoms with Gasteiger partial charge in [-0.05, 0) is 42.0 Å². The highest BCUT2D eigenvalue weighted by Gasteiger charge is 2.16. The molecule has 0 aliphatic heterocycles. The first kappa shape index (κ1) is 23.9. The Kier molecular flexibility index (Phi) is 8.12. The molecule has 0 aliphatic rings. The fraction of sp³-hybridized carbons (Fsp3) is 0.167. The zero-order chi connectivity index (χ0) is 23.8. The molecule has 0 radical (unpaired) electrons. The minimum absolute atomic E-state index is 0.249. The number of rotatable bonds is 10. The zero-order valence-electron chi connectivity index (χ0n) is 17.9. The van der Waals surface area contributed by atoms with Crippen LogP contribution in [-0.2, 0) is 17.9 Å². The number of nitrogens with one attached hydrogen (secondary N) is 2. The van der Waals surface area contributed by atoms with Crippen LogP contribution in [0.1, 0.15) is 21.5 Å². The molecule has 3 aromatic rings. The van der Waals surface area contributed by atoms with Crippen molar-refractivity contribution in [2.75, 3.05) is 24.4 Å². The molecule has 0 saturated heterocycles. The van der Waals surface area contributed by atoms with Crippen molar-refractivity contribution < 1.29 is 24.2 Å². The highest BCUT2D eigenvalue weighted by Crippen LogP contribution is 2.32. The number of ether oxygens (including phenoxy) is 2. The van der Waals surface area contributed by atoms with Crippen molar-refractivity contribution in [3.8, 4) is 11.5 Å². The molecule has 3 aromatic carbocycles. The van der Waals surface area contributed by atoms with Crippen LogP contribution in [0, 0.1) is 0 Å². The van der Waals surface area contributed by atoms with Gasteiger partial charge in [-0.2, -0.15) is 0 Å². The second kappa shape index (κ2) is 11.2. The molecule has 0 unspecified atom stereocenters. The molecule has 0 saturated carbocycles. The molecule has 172 valence electrons. The minimum atomic E-state index is -1.10. The fourth-order valence-electron chi connectivity index (χ4n) is 3.13. The predicted octanol–water partition coefficient (Wildman–Crippen LogP) is 4.14. The Bertz CT molecular complexity index is 1140. The summed E-state index contributed by atoms with van der Waals surface area (Å²) in [6.07, 6.45) is 0. The van der Waals surface area contributed by atoms with Gasteiger partial charge in [-0.3, -0.25) is 4.79 Å². The Morgan fingerprint density at radius 3 is 2.52 bits per heavy atom. The van der Waals surface area contributed by atoms with Gasteiger partial charge in [0.2, 0.25) is 0 Å². The Morgan fingerprint density at radius 1 is 1.09 bits per heavy atom. The second-order valence-electron chi connectivity index (χ2n) is 7.03. The third-order valence-electron chi connectivity index (χ3n) is 4.76. The van der Waals surface area contributed by atoms with Crippen molar-refractivity contribution in [1.29, 1.82) is 0 Å². The van der Waals surface area contributed by atoms with Crippen molar-refractivity contribution in [3.05, 3.63) is 82.4 Å². The zero-order valence-corrected chi connectivity index (χ0v) is 18.7. The lowest BCUT2D eigenvalue weighted by Crippen LogP contribution is -2.16. The number of hydrogen-bond acceptors (Lipinski definition) is 6. The van der Waals surface area contributed by atoms with Crippen molar-refractivity contribution in [3.63, 3.8) is 0 Å². The molecule has 33 heavy (non-hydrogen) atoms. The summed E-state index contributed by atoms with van der Waals surface area (Å²) in [5.41, 5.74) is 8.75. The van der Waals surface area contributed by atoms with Gasteiger partial charge in [-0.25, -0.2) is 4.79 Å². The number of anilines is 2. The quantitative estimate of drug-likeness (QED) is 0.352. The van der Waals surface area contributed by atoms with Gasteiger partial charge in [-0.1, -0.05) is 35.9 Å². The molecule has 9 heteroatoms. The normalized spacial score (nSPS) is 10.4. The summed E-state index contributed by atoms with van der Waals surface area (Å²) in [5.74, 6) is -0.718. The van der Waals surface area contributed by atoms with E-state index in [0.717, 1.165) is 5.56 Å². The van der Waals surface area contributed by atoms with E-state index < -0.39 is 12.6 Å². The lowest BCUT2D eigenvalue weighted by molar-refractivity contribution is -0.139. The van der Waals surface area contributed by atoms with E-state index in [1.807, 2.05) is 12.1 Å². The maximum Gasteiger partial charge on any atom is 0.341 e. The summed E-state index contributed by atoms with van der Waals surface area (Å²) in [5, 5.41) is 15.4. The number of amides is 1. The number of aliphatic carboxylic acids is 1. The number of carboxylic acid groups (broad SMARTS) is 1. The largest absolute Gasteiger partial charge is 0.493 e. The Morgan fingerprint density at radius 2 is 1.85 bits per heavy atom. The van der Waals surface area contributed by atoms with Gasteiger partial charge in [0.1, 0.15) is 0 Å². The van der Waals surface area contributed by atoms with E-state index in [1.54, 1.807) is 48.5 Å². The lowest BCUT2D eigenvalue weighted by Gasteiger charge is -2.17. The van der Waals surface area contributed by atoms with Crippen LogP contribution in [0.15, 0.2) is 60.7 Å². The van der Waals surface area contributed by atoms with Crippen LogP contribution in [0.25, 0.3) is 0 Å². The smallest absolute Gasteiger partial charge is 0.341 e. The lowest BCUT2D eigenvalue weighted by atomic mass is 10.1. The molecular formula is C24H24ClN3O5. The topological polar surface area (TPSA) is 123 Å². The number of hydrogen-bond donors (Lipinski definition) is 4. The summed E-state index contributed by atoms with van der Waals surface area (Å²) < 4.78 is 10.7. The van der Waals surface area contributed by atoms with Crippen molar-refractivity contribution in [2.45, 2.75) is 13.1 Å². The fourth-order valence-corrected chi connectivity index (χ4v) is 3.30. The van der Waals surface area contributed by atoms with Gasteiger partial charge in [0, 0.05) is 35.1 Å². The van der Waals surface area contributed by atoms with E-state index in [-0.39, 0.29) is 12.5 Å². The number of carboxylic acids is 1. The molecule has 5 N–H and O–H groups in total. The average molecular weight is 470 g/mol. The number of benzene rings is 3. The highest BCUT2D eigenvalue weighted by molar-refractivity contribution is 6.31. The molecule has 8 nitrogen and oxygen atoms in total. The van der Waals surface area contributed by atoms with E-state index >= 15 is 0 Å². The number of carbonyl (C=O) groups excluding carboxylic acids is 1. The molecule has 0 heterocycles. The first-order chi connectivity index (χ1) is 15.9. The number of halogens is 1. The average Bonchev–Trinajstić information content (AvgIpc) is 2.82. The maximum absolute atomic E-state index is 13.0. The minimum Gasteiger partial charge on any atom is -0.493 e. The van der Waals surface area contributed by atoms with E-state index in [2.05, 4.69) is 10.6 Å². The monoisotopic (exact) mass is 469 g/mol. The third kappa shape index (κ3) is 6.38. The van der Waals surface area contributed by atoms with Crippen molar-refractivity contribution in [2.24, 2.45) is 5.73 Å². The van der Waals surface area contributed by atoms with Crippen LogP contribution in [0.3, 0.4) is 0 Å². The summed E-state index contributed by atoms with van der Waals surface area (Å²) in [6, 6.07) is 17.4. The van der Waals surface area contributed by atoms with Gasteiger partial charge >= 0.3 is 5.97 Å². The molecule has 0 bridgehead atoms. The van der Waals surface area contributed by atoms with E-state index in [1.165, 1.54) is 7.11 Å². The molecule has 0 atom stereocenters. The number of methoxy groups -OCH3 is 1. The summed E-state index contributed by atoms with van der Waals surface area (Å²) in [6.45, 7) is 0.156. The van der Waals surface area contributed by atoms with Gasteiger partial charge < -0.3 is 30.9 Å². The van der Waals surface area contributed by atoms with Crippen LogP contribution in [0.2, 0.25) is 5.02 Å². The first-order valence-corrected chi connectivity index (χ1v) is 10.4. The van der Waals surface area contributed by atoms with Crippen LogP contribution >= 0.6 is 11.6 Å². The highest BCUT2D eigenvalue weighted by atomic mass is 35.5. The van der Waals surface area contributed by atoms with Crippen LogP contribution in [-0.4, -0.2) is 30.7 Å². The number of nitrogens with two attached hydrogens (primary N) is 1. The van der Waals surface area contributed by atoms with E-state index in [9.17, 15) is 9.59 Å². The molecular weight excluding hydrogens is 446 g/mol. The van der Waals surface area contributed by atoms with Gasteiger partial charge in [0.05, 0.1) is 12.7 Å². The molecule has 0 fully saturated rings. The second-order valence-corrected chi connectivity index (χ2v) is 7.47. The van der Waals surface area contributed by atoms with Crippen molar-refractivity contribution >= 4 is 34.9 Å². The number of carbonyl (C=O) groups is 2. The van der Waals surface area contributed by atoms with Crippen LogP contribution < -0.4 is 25.8 Å². The molecule has 0 aromatic heterocycles. The Hall–Kier alpha value is -3.75. The molecule has 0 aliphatic carbocycles. The standard InChI is InChI=1S/C24H24ClN3O5/c1-32-21-4-2-3-16(23(21)33-14-22(29)30)13-27-20-10-7-17(25)11-19(20)24(31)28-18-8-5-15(12-26)6-9-18/h2-11,27H,12-14,26H2,1H3,(H,28,31)(H,29,30). The molecule has 3 rings (SSSR count). The van der Waals surface area contributed by atoms with Crippen LogP contribution in [0.4, 0.5) is 11.4 Å². The van der Waals surface area contributed by atoms with Gasteiger partial charge in [0.15, 0.2) is 18.1 Å². The molecule has 1 amide bonds. The number of para-hydroxylation sites is 1. The Labute approximate surface area is 196 Å². The Balaban J connectivity index is 1.81. The summed E-state index contributed by atoms with van der Waals surface area (Å²) in [7, 11) is 1.47. The van der Waals surface area contributed by atoms with Crippen molar-refractivity contribution in [1.82, 2.24) is 0 Å². The van der Waals surface area contributed by atoms with Gasteiger partial charge in [-0.15, -0.1) is 0 Å². The summed E-state index contributed by atoms with van der Waals surface area (Å²) in [4.78, 5) is 23.9. The predicted molar refractivity (Wildman–Crippen MR) is 127 cm³/mol. The van der Waals surface area contributed by atoms with E-state index in [0.29, 0.717) is 45.6 Å². The first-order valence-electron chi connectivity index (χ1n) is 10.1. The van der Waals surface area contributed by atoms with E-state index in [4.69, 9.17) is 31.9 Å².